The van der Waals surface area contributed by atoms with Gasteiger partial charge in [0, 0.05) is 25.1 Å². The van der Waals surface area contributed by atoms with Crippen LogP contribution in [0.4, 0.5) is 13.2 Å². The molecule has 0 aromatic heterocycles. The molecule has 3 rings (SSSR count). The highest BCUT2D eigenvalue weighted by Crippen LogP contribution is 2.38. The van der Waals surface area contributed by atoms with Crippen molar-refractivity contribution in [3.8, 4) is 0 Å². The van der Waals surface area contributed by atoms with Crippen LogP contribution < -0.4 is 10.6 Å². The molecule has 2 aromatic carbocycles. The number of carbonyl (C=O) groups is 1. The van der Waals surface area contributed by atoms with Crippen molar-refractivity contribution in [2.45, 2.75) is 51.7 Å². The van der Waals surface area contributed by atoms with Gasteiger partial charge >= 0.3 is 6.18 Å². The second-order valence-electron chi connectivity index (χ2n) is 9.01. The summed E-state index contributed by atoms with van der Waals surface area (Å²) in [7, 11) is 0. The highest BCUT2D eigenvalue weighted by atomic mass is 19.4. The van der Waals surface area contributed by atoms with E-state index in [1.807, 2.05) is 63.3 Å². The van der Waals surface area contributed by atoms with Gasteiger partial charge in [0.2, 0.25) is 5.91 Å². The van der Waals surface area contributed by atoms with E-state index in [2.05, 4.69) is 10.6 Å². The number of nitrogens with one attached hydrogen (secondary N) is 2. The summed E-state index contributed by atoms with van der Waals surface area (Å²) in [4.78, 5) is 13.1. The molecular weight excluding hydrogens is 425 g/mol. The average molecular weight is 457 g/mol. The van der Waals surface area contributed by atoms with Gasteiger partial charge in [0.25, 0.3) is 0 Å². The molecule has 33 heavy (non-hydrogen) atoms. The van der Waals surface area contributed by atoms with Crippen molar-refractivity contribution in [3.05, 3.63) is 94.7 Å². The average Bonchev–Trinajstić information content (AvgIpc) is 2.77. The number of hydrogen-bond acceptors (Lipinski definition) is 2. The number of benzene rings is 2. The molecule has 0 fully saturated rings. The quantitative estimate of drug-likeness (QED) is 0.502. The normalized spacial score (nSPS) is 15.8. The van der Waals surface area contributed by atoms with Crippen LogP contribution in [0, 0.1) is 5.92 Å². The molecule has 0 radical (unpaired) electrons. The molecule has 1 atom stereocenters. The third-order valence-corrected chi connectivity index (χ3v) is 5.84. The summed E-state index contributed by atoms with van der Waals surface area (Å²) in [6.07, 6.45) is 0.741. The molecule has 6 heteroatoms. The first kappa shape index (κ1) is 24.6. The first-order valence-corrected chi connectivity index (χ1v) is 11.3. The highest BCUT2D eigenvalue weighted by Gasteiger charge is 2.40. The van der Waals surface area contributed by atoms with Crippen molar-refractivity contribution >= 4 is 5.91 Å². The van der Waals surface area contributed by atoms with E-state index in [1.165, 1.54) is 6.07 Å². The second kappa shape index (κ2) is 10.3. The number of rotatable bonds is 8. The van der Waals surface area contributed by atoms with Crippen LogP contribution in [0.15, 0.2) is 78.0 Å². The summed E-state index contributed by atoms with van der Waals surface area (Å²) >= 11 is 0. The number of halogens is 3. The Morgan fingerprint density at radius 3 is 2.39 bits per heavy atom. The van der Waals surface area contributed by atoms with Crippen LogP contribution in [0.25, 0.3) is 0 Å². The van der Waals surface area contributed by atoms with E-state index >= 15 is 0 Å². The number of dihydropyridines is 1. The van der Waals surface area contributed by atoms with E-state index in [0.29, 0.717) is 43.0 Å². The summed E-state index contributed by atoms with van der Waals surface area (Å²) < 4.78 is 40.9. The van der Waals surface area contributed by atoms with Crippen LogP contribution in [-0.4, -0.2) is 12.5 Å². The van der Waals surface area contributed by atoms with Gasteiger partial charge in [-0.15, -0.1) is 0 Å². The molecule has 2 N–H and O–H groups in total. The number of alkyl halides is 3. The Bertz CT molecular complexity index is 1030. The molecule has 0 spiro atoms. The number of allylic oxidation sites excluding steroid dienone is 2. The van der Waals surface area contributed by atoms with Gasteiger partial charge in [-0.2, -0.15) is 13.2 Å². The fourth-order valence-corrected chi connectivity index (χ4v) is 4.05. The lowest BCUT2D eigenvalue weighted by Crippen LogP contribution is -2.53. The Kier molecular flexibility index (Phi) is 7.67. The maximum Gasteiger partial charge on any atom is 0.416 e. The predicted molar refractivity (Wildman–Crippen MR) is 125 cm³/mol. The molecule has 0 saturated carbocycles. The number of amides is 1. The van der Waals surface area contributed by atoms with Gasteiger partial charge in [0.1, 0.15) is 5.54 Å². The molecule has 0 aliphatic carbocycles. The molecule has 3 nitrogen and oxygen atoms in total. The Labute approximate surface area is 193 Å². The van der Waals surface area contributed by atoms with E-state index < -0.39 is 17.3 Å². The van der Waals surface area contributed by atoms with Crippen LogP contribution in [0.2, 0.25) is 0 Å². The zero-order chi connectivity index (χ0) is 24.1. The Hall–Kier alpha value is -3.02. The van der Waals surface area contributed by atoms with Crippen LogP contribution >= 0.6 is 0 Å². The summed E-state index contributed by atoms with van der Waals surface area (Å²) in [5, 5.41) is 6.48. The molecule has 1 heterocycles. The van der Waals surface area contributed by atoms with E-state index in [9.17, 15) is 18.0 Å². The molecule has 1 amide bonds. The largest absolute Gasteiger partial charge is 0.416 e. The molecule has 1 aliphatic heterocycles. The Balaban J connectivity index is 2.18. The molecule has 0 saturated heterocycles. The van der Waals surface area contributed by atoms with Crippen LogP contribution in [0.1, 0.15) is 50.3 Å². The molecular formula is C27H31F3N2O. The van der Waals surface area contributed by atoms with E-state index in [4.69, 9.17) is 0 Å². The van der Waals surface area contributed by atoms with Gasteiger partial charge in [-0.1, -0.05) is 68.0 Å². The zero-order valence-electron chi connectivity index (χ0n) is 19.3. The lowest BCUT2D eigenvalue weighted by molar-refractivity contribution is -0.137. The lowest BCUT2D eigenvalue weighted by Gasteiger charge is -2.40. The maximum atomic E-state index is 13.6. The van der Waals surface area contributed by atoms with Crippen molar-refractivity contribution in [2.24, 2.45) is 5.92 Å². The van der Waals surface area contributed by atoms with Crippen molar-refractivity contribution in [2.75, 3.05) is 6.54 Å². The van der Waals surface area contributed by atoms with Gasteiger partial charge in [-0.05, 0) is 48.6 Å². The molecule has 176 valence electrons. The third kappa shape index (κ3) is 6.28. The van der Waals surface area contributed by atoms with Crippen molar-refractivity contribution in [3.63, 3.8) is 0 Å². The molecule has 2 aromatic rings. The fourth-order valence-electron chi connectivity index (χ4n) is 4.05. The minimum absolute atomic E-state index is 0.188. The number of hydrogen-bond donors (Lipinski definition) is 2. The van der Waals surface area contributed by atoms with Gasteiger partial charge in [-0.3, -0.25) is 4.79 Å². The van der Waals surface area contributed by atoms with Gasteiger partial charge in [0.05, 0.1) is 5.56 Å². The smallest absolute Gasteiger partial charge is 0.383 e. The van der Waals surface area contributed by atoms with E-state index in [0.717, 1.165) is 23.3 Å². The summed E-state index contributed by atoms with van der Waals surface area (Å²) in [6.45, 7) is 6.56. The highest BCUT2D eigenvalue weighted by molar-refractivity contribution is 5.78. The third-order valence-electron chi connectivity index (χ3n) is 5.84. The topological polar surface area (TPSA) is 41.1 Å². The summed E-state index contributed by atoms with van der Waals surface area (Å²) in [5.41, 5.74) is 1.07. The zero-order valence-corrected chi connectivity index (χ0v) is 19.3. The molecule has 1 aliphatic rings. The van der Waals surface area contributed by atoms with Crippen LogP contribution in [0.3, 0.4) is 0 Å². The Morgan fingerprint density at radius 2 is 1.76 bits per heavy atom. The number of carbonyl (C=O) groups excluding carboxylic acids is 1. The minimum atomic E-state index is -4.49. The monoisotopic (exact) mass is 456 g/mol. The SMILES string of the molecule is CC1=CCNC(C(Cc2ccccc2)(NC(=O)CCC(C)C)c2cccc(C(F)(F)F)c2)=C1. The standard InChI is InChI=1S/C27H31F3N2O/c1-19(2)12-13-25(33)32-26(18-21-8-5-4-6-9-21,24-16-20(3)14-15-31-24)22-10-7-11-23(17-22)27(28,29)30/h4-11,14,16-17,19,31H,12-13,15,18H2,1-3H3,(H,32,33). The predicted octanol–water partition coefficient (Wildman–Crippen LogP) is 6.13. The first-order valence-electron chi connectivity index (χ1n) is 11.3. The summed E-state index contributed by atoms with van der Waals surface area (Å²) in [6, 6.07) is 14.8. The maximum absolute atomic E-state index is 13.6. The van der Waals surface area contributed by atoms with E-state index in [1.54, 1.807) is 6.07 Å². The second-order valence-corrected chi connectivity index (χ2v) is 9.01. The van der Waals surface area contributed by atoms with Crippen molar-refractivity contribution in [1.82, 2.24) is 10.6 Å². The van der Waals surface area contributed by atoms with Gasteiger partial charge < -0.3 is 10.6 Å². The van der Waals surface area contributed by atoms with Crippen LogP contribution in [0.5, 0.6) is 0 Å². The van der Waals surface area contributed by atoms with Crippen molar-refractivity contribution < 1.29 is 18.0 Å². The summed E-state index contributed by atoms with van der Waals surface area (Å²) in [5.74, 6) is 0.150. The van der Waals surface area contributed by atoms with Crippen molar-refractivity contribution in [1.29, 1.82) is 0 Å². The van der Waals surface area contributed by atoms with Gasteiger partial charge in [-0.25, -0.2) is 0 Å². The Morgan fingerprint density at radius 1 is 1.06 bits per heavy atom. The molecule has 0 bridgehead atoms. The minimum Gasteiger partial charge on any atom is -0.383 e. The first-order chi connectivity index (χ1) is 15.6. The fraction of sp³-hybridized carbons (Fsp3) is 0.370. The van der Waals surface area contributed by atoms with Crippen LogP contribution in [-0.2, 0) is 22.9 Å². The molecule has 1 unspecified atom stereocenters. The van der Waals surface area contributed by atoms with Gasteiger partial charge in [0.15, 0.2) is 0 Å². The van der Waals surface area contributed by atoms with E-state index in [-0.39, 0.29) is 5.91 Å². The lowest BCUT2D eigenvalue weighted by atomic mass is 9.78.